The van der Waals surface area contributed by atoms with E-state index in [-0.39, 0.29) is 24.3 Å². The van der Waals surface area contributed by atoms with Crippen molar-refractivity contribution in [1.82, 2.24) is 10.2 Å². The second-order valence-electron chi connectivity index (χ2n) is 6.60. The Balaban J connectivity index is 1.52. The number of hydrogen-bond donors (Lipinski definition) is 1. The maximum atomic E-state index is 12.8. The zero-order valence-electron chi connectivity index (χ0n) is 15.7. The molecular formula is C19H23N3O4S2. The van der Waals surface area contributed by atoms with Crippen LogP contribution in [0.4, 0.5) is 5.69 Å². The van der Waals surface area contributed by atoms with E-state index < -0.39 is 6.10 Å². The summed E-state index contributed by atoms with van der Waals surface area (Å²) < 4.78 is 6.37. The lowest BCUT2D eigenvalue weighted by molar-refractivity contribution is -0.128. The molecule has 2 aliphatic heterocycles. The van der Waals surface area contributed by atoms with Crippen LogP contribution in [0.2, 0.25) is 0 Å². The molecule has 0 bridgehead atoms. The van der Waals surface area contributed by atoms with E-state index in [4.69, 9.17) is 17.0 Å². The van der Waals surface area contributed by atoms with Crippen molar-refractivity contribution in [3.8, 4) is 5.75 Å². The third-order valence-corrected chi connectivity index (χ3v) is 6.16. The number of benzene rings is 1. The number of thioether (sulfide) groups is 1. The Hall–Kier alpha value is -2.13. The summed E-state index contributed by atoms with van der Waals surface area (Å²) in [4.78, 5) is 39.8. The van der Waals surface area contributed by atoms with Crippen molar-refractivity contribution < 1.29 is 19.1 Å². The van der Waals surface area contributed by atoms with Crippen LogP contribution in [-0.2, 0) is 14.4 Å². The number of nitrogens with zero attached hydrogens (tertiary/aromatic N) is 2. The first-order valence-electron chi connectivity index (χ1n) is 9.26. The minimum atomic E-state index is -0.719. The number of unbranched alkanes of at least 4 members (excludes halogenated alkanes) is 2. The second kappa shape index (κ2) is 9.38. The van der Waals surface area contributed by atoms with Crippen molar-refractivity contribution >= 4 is 51.7 Å². The Labute approximate surface area is 173 Å². The van der Waals surface area contributed by atoms with Crippen LogP contribution in [0.25, 0.3) is 0 Å². The molecule has 2 aliphatic rings. The maximum Gasteiger partial charge on any atom is 0.262 e. The van der Waals surface area contributed by atoms with E-state index in [0.29, 0.717) is 40.9 Å². The van der Waals surface area contributed by atoms with Gasteiger partial charge in [-0.05, 0) is 25.0 Å². The standard InChI is InChI=1S/C19H23N3O4S2/c1-20-18(25)15-11-22(13-7-4-5-8-14(13)26-15)16(23)9-3-2-6-10-21-17(24)12-28-19(21)27/h4-5,7-8,15H,2-3,6,9-12H2,1H3,(H,20,25)/t15-/m1/s1. The third kappa shape index (κ3) is 4.64. The zero-order chi connectivity index (χ0) is 20.1. The van der Waals surface area contributed by atoms with Crippen molar-refractivity contribution in [3.05, 3.63) is 24.3 Å². The molecule has 9 heteroatoms. The number of carbonyl (C=O) groups is 3. The van der Waals surface area contributed by atoms with Gasteiger partial charge in [0.05, 0.1) is 18.0 Å². The molecule has 150 valence electrons. The third-order valence-electron chi connectivity index (χ3n) is 4.73. The highest BCUT2D eigenvalue weighted by Gasteiger charge is 2.33. The largest absolute Gasteiger partial charge is 0.477 e. The van der Waals surface area contributed by atoms with Gasteiger partial charge in [-0.1, -0.05) is 42.5 Å². The van der Waals surface area contributed by atoms with Crippen LogP contribution in [0.5, 0.6) is 5.75 Å². The Morgan fingerprint density at radius 2 is 2.07 bits per heavy atom. The van der Waals surface area contributed by atoms with E-state index in [1.165, 1.54) is 11.8 Å². The molecule has 0 spiro atoms. The Kier molecular flexibility index (Phi) is 6.90. The first kappa shape index (κ1) is 20.6. The average molecular weight is 422 g/mol. The van der Waals surface area contributed by atoms with Gasteiger partial charge in [0.25, 0.3) is 5.91 Å². The summed E-state index contributed by atoms with van der Waals surface area (Å²) in [6, 6.07) is 7.25. The van der Waals surface area contributed by atoms with Gasteiger partial charge in [-0.25, -0.2) is 0 Å². The van der Waals surface area contributed by atoms with Gasteiger partial charge in [0.15, 0.2) is 6.10 Å². The first-order chi connectivity index (χ1) is 13.5. The number of thiocarbonyl (C=S) groups is 1. The van der Waals surface area contributed by atoms with Crippen LogP contribution in [0.15, 0.2) is 24.3 Å². The SMILES string of the molecule is CNC(=O)[C@H]1CN(C(=O)CCCCCN2C(=O)CSC2=S)c2ccccc2O1. The summed E-state index contributed by atoms with van der Waals surface area (Å²) in [6.45, 7) is 0.807. The Morgan fingerprint density at radius 1 is 1.29 bits per heavy atom. The smallest absolute Gasteiger partial charge is 0.262 e. The highest BCUT2D eigenvalue weighted by molar-refractivity contribution is 8.23. The molecule has 3 amide bonds. The van der Waals surface area contributed by atoms with Gasteiger partial charge in [-0.15, -0.1) is 0 Å². The molecule has 0 unspecified atom stereocenters. The maximum absolute atomic E-state index is 12.8. The van der Waals surface area contributed by atoms with Crippen LogP contribution in [-0.4, -0.2) is 58.9 Å². The Bertz CT molecular complexity index is 770. The van der Waals surface area contributed by atoms with E-state index in [9.17, 15) is 14.4 Å². The molecule has 28 heavy (non-hydrogen) atoms. The molecule has 1 aromatic rings. The average Bonchev–Trinajstić information content (AvgIpc) is 3.03. The number of ether oxygens (including phenoxy) is 1. The molecule has 3 rings (SSSR count). The van der Waals surface area contributed by atoms with Gasteiger partial charge in [-0.2, -0.15) is 0 Å². The van der Waals surface area contributed by atoms with Crippen LogP contribution in [0.3, 0.4) is 0 Å². The van der Waals surface area contributed by atoms with E-state index >= 15 is 0 Å². The van der Waals surface area contributed by atoms with Crippen LogP contribution in [0, 0.1) is 0 Å². The molecule has 0 saturated carbocycles. The minimum Gasteiger partial charge on any atom is -0.477 e. The van der Waals surface area contributed by atoms with Gasteiger partial charge >= 0.3 is 0 Å². The van der Waals surface area contributed by atoms with Crippen molar-refractivity contribution in [3.63, 3.8) is 0 Å². The number of para-hydroxylation sites is 2. The fourth-order valence-electron chi connectivity index (χ4n) is 3.22. The number of carbonyl (C=O) groups excluding carboxylic acids is 3. The lowest BCUT2D eigenvalue weighted by atomic mass is 10.1. The molecule has 1 fully saturated rings. The Morgan fingerprint density at radius 3 is 2.79 bits per heavy atom. The van der Waals surface area contributed by atoms with Gasteiger partial charge in [0.2, 0.25) is 11.8 Å². The summed E-state index contributed by atoms with van der Waals surface area (Å²) in [5, 5.41) is 2.57. The van der Waals surface area contributed by atoms with E-state index in [2.05, 4.69) is 5.32 Å². The highest BCUT2D eigenvalue weighted by Crippen LogP contribution is 2.33. The number of anilines is 1. The van der Waals surface area contributed by atoms with Gasteiger partial charge < -0.3 is 15.0 Å². The summed E-state index contributed by atoms with van der Waals surface area (Å²) in [5.41, 5.74) is 0.692. The van der Waals surface area contributed by atoms with Crippen molar-refractivity contribution in [2.45, 2.75) is 31.8 Å². The van der Waals surface area contributed by atoms with E-state index in [1.54, 1.807) is 22.9 Å². The number of amides is 3. The highest BCUT2D eigenvalue weighted by atomic mass is 32.2. The topological polar surface area (TPSA) is 79.0 Å². The summed E-state index contributed by atoms with van der Waals surface area (Å²) in [6.07, 6.45) is 2.00. The molecular weight excluding hydrogens is 398 g/mol. The summed E-state index contributed by atoms with van der Waals surface area (Å²) in [7, 11) is 1.55. The van der Waals surface area contributed by atoms with E-state index in [0.717, 1.165) is 12.8 Å². The predicted octanol–water partition coefficient (Wildman–Crippen LogP) is 1.95. The first-order valence-corrected chi connectivity index (χ1v) is 10.7. The number of nitrogens with one attached hydrogen (secondary N) is 1. The fraction of sp³-hybridized carbons (Fsp3) is 0.474. The molecule has 2 heterocycles. The minimum absolute atomic E-state index is 0.0343. The summed E-state index contributed by atoms with van der Waals surface area (Å²) >= 11 is 6.57. The monoisotopic (exact) mass is 421 g/mol. The van der Waals surface area contributed by atoms with Crippen molar-refractivity contribution in [1.29, 1.82) is 0 Å². The van der Waals surface area contributed by atoms with Gasteiger partial charge in [0.1, 0.15) is 10.1 Å². The fourth-order valence-corrected chi connectivity index (χ4v) is 4.34. The van der Waals surface area contributed by atoms with Crippen molar-refractivity contribution in [2.24, 2.45) is 0 Å². The predicted molar refractivity (Wildman–Crippen MR) is 113 cm³/mol. The molecule has 0 aliphatic carbocycles. The van der Waals surface area contributed by atoms with Crippen LogP contribution >= 0.6 is 24.0 Å². The molecule has 1 aromatic carbocycles. The molecule has 0 radical (unpaired) electrons. The summed E-state index contributed by atoms with van der Waals surface area (Å²) in [5.74, 6) is 0.746. The molecule has 1 atom stereocenters. The van der Waals surface area contributed by atoms with Crippen molar-refractivity contribution in [2.75, 3.05) is 30.8 Å². The number of fused-ring (bicyclic) bond motifs is 1. The lowest BCUT2D eigenvalue weighted by Gasteiger charge is -2.34. The van der Waals surface area contributed by atoms with Crippen LogP contribution in [0.1, 0.15) is 25.7 Å². The quantitative estimate of drug-likeness (QED) is 0.536. The molecule has 7 nitrogen and oxygen atoms in total. The second-order valence-corrected chi connectivity index (χ2v) is 8.21. The normalized spacial score (nSPS) is 18.7. The zero-order valence-corrected chi connectivity index (χ0v) is 17.3. The van der Waals surface area contributed by atoms with Gasteiger partial charge in [-0.3, -0.25) is 19.3 Å². The number of hydrogen-bond acceptors (Lipinski definition) is 6. The molecule has 0 aromatic heterocycles. The van der Waals surface area contributed by atoms with Gasteiger partial charge in [0, 0.05) is 20.0 Å². The van der Waals surface area contributed by atoms with E-state index in [1.807, 2.05) is 18.2 Å². The molecule has 1 saturated heterocycles. The number of rotatable bonds is 7. The molecule has 1 N–H and O–H groups in total. The van der Waals surface area contributed by atoms with Crippen LogP contribution < -0.4 is 15.0 Å². The number of likely N-dealkylation sites (N-methyl/N-ethyl adjacent to an activating group) is 1. The lowest BCUT2D eigenvalue weighted by Crippen LogP contribution is -2.50.